The van der Waals surface area contributed by atoms with Gasteiger partial charge in [-0.3, -0.25) is 4.90 Å². The van der Waals surface area contributed by atoms with E-state index in [-0.39, 0.29) is 4.90 Å². The summed E-state index contributed by atoms with van der Waals surface area (Å²) in [5.41, 5.74) is 0. The maximum Gasteiger partial charge on any atom is 0.240 e. The van der Waals surface area contributed by atoms with Gasteiger partial charge in [-0.25, -0.2) is 13.1 Å². The van der Waals surface area contributed by atoms with Gasteiger partial charge in [0.1, 0.15) is 5.75 Å². The minimum atomic E-state index is -3.53. The number of ether oxygens (including phenoxy) is 2. The Morgan fingerprint density at radius 1 is 1.36 bits per heavy atom. The summed E-state index contributed by atoms with van der Waals surface area (Å²) in [5.74, 6) is 0.526. The van der Waals surface area contributed by atoms with Crippen molar-refractivity contribution in [3.05, 3.63) is 22.7 Å². The molecule has 0 spiro atoms. The second-order valence-corrected chi connectivity index (χ2v) is 7.50. The largest absolute Gasteiger partial charge is 0.493 e. The van der Waals surface area contributed by atoms with Crippen LogP contribution in [0.3, 0.4) is 0 Å². The van der Waals surface area contributed by atoms with Crippen molar-refractivity contribution in [2.45, 2.75) is 11.8 Å². The number of morpholine rings is 1. The first-order valence-electron chi connectivity index (χ1n) is 7.25. The quantitative estimate of drug-likeness (QED) is 0.760. The number of hydrogen-bond acceptors (Lipinski definition) is 5. The molecule has 0 aromatic heterocycles. The SMILES string of the molecule is CCOc1cc(S(=O)(=O)NCCN2CCOCC2)ccc1Br. The first-order chi connectivity index (χ1) is 10.5. The van der Waals surface area contributed by atoms with E-state index in [1.165, 1.54) is 6.07 Å². The maximum atomic E-state index is 12.3. The van der Waals surface area contributed by atoms with Crippen LogP contribution in [0, 0.1) is 0 Å². The fourth-order valence-corrected chi connectivity index (χ4v) is 3.56. The molecule has 1 fully saturated rings. The fourth-order valence-electron chi connectivity index (χ4n) is 2.16. The molecule has 1 heterocycles. The van der Waals surface area contributed by atoms with Crippen molar-refractivity contribution in [3.63, 3.8) is 0 Å². The highest BCUT2D eigenvalue weighted by Gasteiger charge is 2.17. The molecule has 6 nitrogen and oxygen atoms in total. The molecule has 22 heavy (non-hydrogen) atoms. The molecule has 0 unspecified atom stereocenters. The molecule has 1 aromatic carbocycles. The molecule has 124 valence electrons. The van der Waals surface area contributed by atoms with Crippen LogP contribution in [0.15, 0.2) is 27.6 Å². The Kier molecular flexibility index (Phi) is 6.64. The van der Waals surface area contributed by atoms with Crippen molar-refractivity contribution in [3.8, 4) is 5.75 Å². The Balaban J connectivity index is 1.95. The Hall–Kier alpha value is -0.670. The summed E-state index contributed by atoms with van der Waals surface area (Å²) >= 11 is 3.34. The molecule has 0 aliphatic carbocycles. The van der Waals surface area contributed by atoms with Gasteiger partial charge in [-0.2, -0.15) is 0 Å². The standard InChI is InChI=1S/C14H21BrN2O4S/c1-2-21-14-11-12(3-4-13(14)15)22(18,19)16-5-6-17-7-9-20-10-8-17/h3-4,11,16H,2,5-10H2,1H3. The lowest BCUT2D eigenvalue weighted by atomic mass is 10.3. The molecular weight excluding hydrogens is 372 g/mol. The summed E-state index contributed by atoms with van der Waals surface area (Å²) in [7, 11) is -3.53. The zero-order chi connectivity index (χ0) is 16.0. The number of sulfonamides is 1. The minimum Gasteiger partial charge on any atom is -0.493 e. The summed E-state index contributed by atoms with van der Waals surface area (Å²) in [6.45, 7) is 6.48. The normalized spacial score (nSPS) is 16.6. The number of benzene rings is 1. The smallest absolute Gasteiger partial charge is 0.240 e. The third-order valence-electron chi connectivity index (χ3n) is 3.34. The van der Waals surface area contributed by atoms with E-state index >= 15 is 0 Å². The summed E-state index contributed by atoms with van der Waals surface area (Å²) in [6.07, 6.45) is 0. The van der Waals surface area contributed by atoms with Crippen LogP contribution < -0.4 is 9.46 Å². The molecule has 0 amide bonds. The summed E-state index contributed by atoms with van der Waals surface area (Å²) < 4.78 is 38.7. The summed E-state index contributed by atoms with van der Waals surface area (Å²) in [5, 5.41) is 0. The van der Waals surface area contributed by atoms with E-state index in [4.69, 9.17) is 9.47 Å². The zero-order valence-electron chi connectivity index (χ0n) is 12.5. The van der Waals surface area contributed by atoms with Gasteiger partial charge in [0.05, 0.1) is 29.2 Å². The molecule has 1 aliphatic rings. The van der Waals surface area contributed by atoms with E-state index in [1.807, 2.05) is 6.92 Å². The lowest BCUT2D eigenvalue weighted by Crippen LogP contribution is -2.41. The first-order valence-corrected chi connectivity index (χ1v) is 9.52. The molecule has 1 aromatic rings. The van der Waals surface area contributed by atoms with Crippen LogP contribution in [0.25, 0.3) is 0 Å². The Labute approximate surface area is 140 Å². The van der Waals surface area contributed by atoms with Gasteiger partial charge in [0.2, 0.25) is 10.0 Å². The third kappa shape index (κ3) is 4.92. The van der Waals surface area contributed by atoms with Gasteiger partial charge in [0.15, 0.2) is 0 Å². The van der Waals surface area contributed by atoms with Crippen LogP contribution in [0.1, 0.15) is 6.92 Å². The second kappa shape index (κ2) is 8.26. The van der Waals surface area contributed by atoms with Gasteiger partial charge in [-0.1, -0.05) is 0 Å². The van der Waals surface area contributed by atoms with E-state index in [9.17, 15) is 8.42 Å². The predicted molar refractivity (Wildman–Crippen MR) is 87.8 cm³/mol. The average Bonchev–Trinajstić information content (AvgIpc) is 2.50. The van der Waals surface area contributed by atoms with Crippen LogP contribution >= 0.6 is 15.9 Å². The van der Waals surface area contributed by atoms with Gasteiger partial charge in [0.25, 0.3) is 0 Å². The van der Waals surface area contributed by atoms with E-state index in [0.29, 0.717) is 38.7 Å². The van der Waals surface area contributed by atoms with Crippen molar-refractivity contribution in [1.82, 2.24) is 9.62 Å². The second-order valence-electron chi connectivity index (χ2n) is 4.88. The van der Waals surface area contributed by atoms with E-state index in [2.05, 4.69) is 25.6 Å². The van der Waals surface area contributed by atoms with Crippen LogP contribution in [0.4, 0.5) is 0 Å². The Bertz CT molecular complexity index is 589. The van der Waals surface area contributed by atoms with Crippen LogP contribution in [-0.4, -0.2) is 59.3 Å². The van der Waals surface area contributed by atoms with Gasteiger partial charge in [0, 0.05) is 32.2 Å². The molecule has 1 saturated heterocycles. The molecule has 0 bridgehead atoms. The minimum absolute atomic E-state index is 0.209. The number of hydrogen-bond donors (Lipinski definition) is 1. The van der Waals surface area contributed by atoms with Crippen LogP contribution in [0.2, 0.25) is 0 Å². The van der Waals surface area contributed by atoms with Gasteiger partial charge >= 0.3 is 0 Å². The molecule has 0 radical (unpaired) electrons. The lowest BCUT2D eigenvalue weighted by Gasteiger charge is -2.26. The van der Waals surface area contributed by atoms with Crippen LogP contribution in [-0.2, 0) is 14.8 Å². The van der Waals surface area contributed by atoms with E-state index in [0.717, 1.165) is 17.6 Å². The van der Waals surface area contributed by atoms with E-state index < -0.39 is 10.0 Å². The zero-order valence-corrected chi connectivity index (χ0v) is 15.0. The van der Waals surface area contributed by atoms with Gasteiger partial charge < -0.3 is 9.47 Å². The van der Waals surface area contributed by atoms with Crippen molar-refractivity contribution >= 4 is 26.0 Å². The predicted octanol–water partition coefficient (Wildman–Crippen LogP) is 1.46. The van der Waals surface area contributed by atoms with Gasteiger partial charge in [-0.05, 0) is 35.0 Å². The molecular formula is C14H21BrN2O4S. The number of nitrogens with zero attached hydrogens (tertiary/aromatic N) is 1. The fraction of sp³-hybridized carbons (Fsp3) is 0.571. The van der Waals surface area contributed by atoms with Crippen molar-refractivity contribution in [2.24, 2.45) is 0 Å². The summed E-state index contributed by atoms with van der Waals surface area (Å²) in [4.78, 5) is 2.39. The summed E-state index contributed by atoms with van der Waals surface area (Å²) in [6, 6.07) is 4.77. The number of halogens is 1. The van der Waals surface area contributed by atoms with Gasteiger partial charge in [-0.15, -0.1) is 0 Å². The van der Waals surface area contributed by atoms with Crippen molar-refractivity contribution < 1.29 is 17.9 Å². The van der Waals surface area contributed by atoms with Crippen LogP contribution in [0.5, 0.6) is 5.75 Å². The Morgan fingerprint density at radius 2 is 2.09 bits per heavy atom. The molecule has 0 atom stereocenters. The first kappa shape index (κ1) is 17.7. The number of nitrogens with one attached hydrogen (secondary N) is 1. The van der Waals surface area contributed by atoms with E-state index in [1.54, 1.807) is 12.1 Å². The third-order valence-corrected chi connectivity index (χ3v) is 5.45. The Morgan fingerprint density at radius 3 is 2.77 bits per heavy atom. The highest BCUT2D eigenvalue weighted by Crippen LogP contribution is 2.27. The average molecular weight is 393 g/mol. The maximum absolute atomic E-state index is 12.3. The molecule has 0 saturated carbocycles. The molecule has 1 N–H and O–H groups in total. The van der Waals surface area contributed by atoms with Crippen molar-refractivity contribution in [2.75, 3.05) is 46.0 Å². The molecule has 1 aliphatic heterocycles. The molecule has 2 rings (SSSR count). The topological polar surface area (TPSA) is 67.9 Å². The monoisotopic (exact) mass is 392 g/mol. The highest BCUT2D eigenvalue weighted by atomic mass is 79.9. The number of rotatable bonds is 7. The highest BCUT2D eigenvalue weighted by molar-refractivity contribution is 9.10. The van der Waals surface area contributed by atoms with Crippen molar-refractivity contribution in [1.29, 1.82) is 0 Å². The lowest BCUT2D eigenvalue weighted by molar-refractivity contribution is 0.0390. The molecule has 8 heteroatoms.